The van der Waals surface area contributed by atoms with Gasteiger partial charge in [-0.15, -0.1) is 15.3 Å². The molecule has 5 rings (SSSR count). The van der Waals surface area contributed by atoms with E-state index in [2.05, 4.69) is 62.7 Å². The van der Waals surface area contributed by atoms with Gasteiger partial charge in [-0.05, 0) is 68.8 Å². The summed E-state index contributed by atoms with van der Waals surface area (Å²) in [5, 5.41) is 24.0. The van der Waals surface area contributed by atoms with Crippen molar-refractivity contribution in [2.75, 3.05) is 0 Å². The van der Waals surface area contributed by atoms with Crippen LogP contribution in [0.15, 0.2) is 91.3 Å². The van der Waals surface area contributed by atoms with Crippen LogP contribution in [0.5, 0.6) is 11.5 Å². The van der Waals surface area contributed by atoms with Crippen LogP contribution >= 0.6 is 31.9 Å². The van der Waals surface area contributed by atoms with Crippen LogP contribution in [0.2, 0.25) is 0 Å². The van der Waals surface area contributed by atoms with E-state index in [4.69, 9.17) is 14.0 Å². The first kappa shape index (κ1) is 23.8. The zero-order valence-electron chi connectivity index (χ0n) is 18.7. The Labute approximate surface area is 222 Å². The molecule has 0 bridgehead atoms. The third-order valence-electron chi connectivity index (χ3n) is 4.91. The van der Waals surface area contributed by atoms with Gasteiger partial charge in [0.15, 0.2) is 12.3 Å². The smallest absolute Gasteiger partial charge is 0.257 e. The average Bonchev–Trinajstić information content (AvgIpc) is 3.53. The minimum atomic E-state index is -0.0308. The molecule has 0 aliphatic heterocycles. The van der Waals surface area contributed by atoms with Crippen LogP contribution in [-0.2, 0) is 18.5 Å². The highest BCUT2D eigenvalue weighted by Gasteiger charge is 2.16. The van der Waals surface area contributed by atoms with Crippen molar-refractivity contribution < 1.29 is 14.0 Å². The highest BCUT2D eigenvalue weighted by atomic mass is 79.9. The third-order valence-corrected chi connectivity index (χ3v) is 6.09. The largest absolute Gasteiger partial charge is 0.457 e. The molecule has 0 amide bonds. The van der Waals surface area contributed by atoms with Gasteiger partial charge >= 0.3 is 0 Å². The summed E-state index contributed by atoms with van der Waals surface area (Å²) in [6.07, 6.45) is 0. The zero-order chi connectivity index (χ0) is 24.9. The Bertz CT molecular complexity index is 1500. The first-order valence-electron chi connectivity index (χ1n) is 10.6. The summed E-state index contributed by atoms with van der Waals surface area (Å²) in [5.74, 6) is 2.45. The van der Waals surface area contributed by atoms with Gasteiger partial charge in [0.2, 0.25) is 11.7 Å². The highest BCUT2D eigenvalue weighted by molar-refractivity contribution is 9.10. The van der Waals surface area contributed by atoms with E-state index in [0.29, 0.717) is 23.2 Å². The van der Waals surface area contributed by atoms with Crippen LogP contribution in [0, 0.1) is 0 Å². The molecule has 0 saturated heterocycles. The molecule has 0 aliphatic rings. The molecule has 180 valence electrons. The van der Waals surface area contributed by atoms with Gasteiger partial charge in [0.25, 0.3) is 5.89 Å². The van der Waals surface area contributed by atoms with Gasteiger partial charge in [-0.1, -0.05) is 51.4 Å². The van der Waals surface area contributed by atoms with Gasteiger partial charge in [-0.25, -0.2) is 4.68 Å². The van der Waals surface area contributed by atoms with E-state index in [1.165, 1.54) is 4.68 Å². The summed E-state index contributed by atoms with van der Waals surface area (Å²) < 4.78 is 14.9. The molecule has 5 aromatic rings. The maximum atomic E-state index is 5.89. The van der Waals surface area contributed by atoms with E-state index in [1.54, 1.807) is 7.05 Å². The fourth-order valence-electron chi connectivity index (χ4n) is 3.19. The van der Waals surface area contributed by atoms with Crippen molar-refractivity contribution in [2.24, 2.45) is 12.2 Å². The highest BCUT2D eigenvalue weighted by Crippen LogP contribution is 2.33. The Morgan fingerprint density at radius 3 is 2.44 bits per heavy atom. The number of oxime groups is 1. The van der Waals surface area contributed by atoms with Gasteiger partial charge in [-0.3, -0.25) is 0 Å². The monoisotopic (exact) mass is 609 g/mol. The molecule has 0 atom stereocenters. The topological polar surface area (TPSA) is 113 Å². The predicted molar refractivity (Wildman–Crippen MR) is 137 cm³/mol. The summed E-state index contributed by atoms with van der Waals surface area (Å²) in [6.45, 7) is -0.0308. The molecular weight excluding hydrogens is 594 g/mol. The van der Waals surface area contributed by atoms with Crippen molar-refractivity contribution in [3.8, 4) is 23.0 Å². The van der Waals surface area contributed by atoms with Gasteiger partial charge in [-0.2, -0.15) is 0 Å². The number of nitrogens with zero attached hydrogens (tertiary/aromatic N) is 7. The summed E-state index contributed by atoms with van der Waals surface area (Å²) in [7, 11) is 1.73. The zero-order valence-corrected chi connectivity index (χ0v) is 21.9. The number of ether oxygens (including phenoxy) is 1. The predicted octanol–water partition coefficient (Wildman–Crippen LogP) is 5.55. The molecule has 0 N–H and O–H groups in total. The Kier molecular flexibility index (Phi) is 7.14. The fourth-order valence-corrected chi connectivity index (χ4v) is 3.98. The molecule has 0 fully saturated rings. The second-order valence-corrected chi connectivity index (χ2v) is 9.17. The summed E-state index contributed by atoms with van der Waals surface area (Å²) in [5.41, 5.74) is 2.00. The molecule has 0 aliphatic carbocycles. The van der Waals surface area contributed by atoms with Gasteiger partial charge in [0, 0.05) is 21.6 Å². The lowest BCUT2D eigenvalue weighted by Crippen LogP contribution is -2.12. The van der Waals surface area contributed by atoms with Crippen LogP contribution in [0.3, 0.4) is 0 Å². The van der Waals surface area contributed by atoms with E-state index in [9.17, 15) is 0 Å². The Balaban J connectivity index is 1.29. The van der Waals surface area contributed by atoms with Crippen LogP contribution in [-0.4, -0.2) is 36.1 Å². The van der Waals surface area contributed by atoms with Crippen molar-refractivity contribution in [1.82, 2.24) is 30.4 Å². The average molecular weight is 611 g/mol. The van der Waals surface area contributed by atoms with Gasteiger partial charge in [0.1, 0.15) is 11.5 Å². The molecule has 0 spiro atoms. The lowest BCUT2D eigenvalue weighted by molar-refractivity contribution is 0.111. The summed E-state index contributed by atoms with van der Waals surface area (Å²) in [4.78, 5) is 5.54. The maximum absolute atomic E-state index is 5.89. The van der Waals surface area contributed by atoms with E-state index < -0.39 is 0 Å². The Morgan fingerprint density at radius 1 is 0.944 bits per heavy atom. The lowest BCUT2D eigenvalue weighted by atomic mass is 10.1. The van der Waals surface area contributed by atoms with Gasteiger partial charge in [0.05, 0.1) is 5.56 Å². The van der Waals surface area contributed by atoms with Gasteiger partial charge < -0.3 is 14.0 Å². The number of tetrazole rings is 1. The van der Waals surface area contributed by atoms with E-state index in [-0.39, 0.29) is 12.5 Å². The molecule has 0 saturated carbocycles. The Morgan fingerprint density at radius 2 is 1.72 bits per heavy atom. The molecule has 12 heteroatoms. The van der Waals surface area contributed by atoms with Crippen LogP contribution in [0.25, 0.3) is 11.5 Å². The second kappa shape index (κ2) is 10.8. The number of hydrogen-bond acceptors (Lipinski definition) is 9. The van der Waals surface area contributed by atoms with Crippen molar-refractivity contribution in [3.05, 3.63) is 99.0 Å². The first-order valence-corrected chi connectivity index (χ1v) is 12.2. The van der Waals surface area contributed by atoms with Crippen molar-refractivity contribution in [2.45, 2.75) is 6.61 Å². The quantitative estimate of drug-likeness (QED) is 0.166. The number of hydrogen-bond donors (Lipinski definition) is 0. The van der Waals surface area contributed by atoms with Crippen molar-refractivity contribution >= 4 is 37.6 Å². The second-order valence-electron chi connectivity index (χ2n) is 7.40. The minimum Gasteiger partial charge on any atom is -0.457 e. The van der Waals surface area contributed by atoms with E-state index >= 15 is 0 Å². The minimum absolute atomic E-state index is 0.0308. The van der Waals surface area contributed by atoms with Crippen molar-refractivity contribution in [3.63, 3.8) is 0 Å². The number of aromatic nitrogens is 6. The van der Waals surface area contributed by atoms with Crippen LogP contribution < -0.4 is 4.74 Å². The Hall–Kier alpha value is -3.90. The molecule has 10 nitrogen and oxygen atoms in total. The molecule has 2 aromatic heterocycles. The summed E-state index contributed by atoms with van der Waals surface area (Å²) in [6, 6.07) is 22.6. The van der Waals surface area contributed by atoms with E-state index in [1.807, 2.05) is 72.8 Å². The summed E-state index contributed by atoms with van der Waals surface area (Å²) >= 11 is 6.97. The lowest BCUT2D eigenvalue weighted by Gasteiger charge is -2.07. The third kappa shape index (κ3) is 5.50. The fraction of sp³-hybridized carbons (Fsp3) is 0.0833. The molecule has 36 heavy (non-hydrogen) atoms. The first-order chi connectivity index (χ1) is 17.6. The standard InChI is InChI=1S/C24H17Br2N7O3/c1-33-23(28-31-32-33)22(15-5-3-2-4-6-15)30-34-14-21-27-29-24(36-21)19-12-11-18(13-20(19)26)35-17-9-7-16(25)8-10-17/h2-13H,14H2,1H3/b30-22-. The normalized spacial score (nSPS) is 11.5. The number of aryl methyl sites for hydroxylation is 1. The maximum Gasteiger partial charge on any atom is 0.257 e. The van der Waals surface area contributed by atoms with Crippen molar-refractivity contribution in [1.29, 1.82) is 0 Å². The number of benzene rings is 3. The van der Waals surface area contributed by atoms with Crippen LogP contribution in [0.4, 0.5) is 0 Å². The molecular formula is C24H17Br2N7O3. The molecule has 0 radical (unpaired) electrons. The SMILES string of the molecule is Cn1nnnc1/C(=N\OCc1nnc(-c2ccc(Oc3ccc(Br)cc3)cc2Br)o1)c1ccccc1. The molecule has 0 unspecified atom stereocenters. The number of halogens is 2. The molecule has 2 heterocycles. The van der Waals surface area contributed by atoms with E-state index in [0.717, 1.165) is 25.8 Å². The van der Waals surface area contributed by atoms with Crippen LogP contribution in [0.1, 0.15) is 17.3 Å². The molecule has 3 aromatic carbocycles. The number of rotatable bonds is 8.